The van der Waals surface area contributed by atoms with Gasteiger partial charge in [-0.15, -0.1) is 49.4 Å². The van der Waals surface area contributed by atoms with Gasteiger partial charge in [-0.2, -0.15) is 0 Å². The maximum absolute atomic E-state index is 12.6. The molecule has 684 valence electrons. The highest BCUT2D eigenvalue weighted by Gasteiger charge is 2.39. The third-order valence-corrected chi connectivity index (χ3v) is 25.2. The van der Waals surface area contributed by atoms with E-state index >= 15 is 0 Å². The second kappa shape index (κ2) is 51.4. The van der Waals surface area contributed by atoms with Crippen LogP contribution < -0.4 is 32.7 Å². The predicted molar refractivity (Wildman–Crippen MR) is 532 cm³/mol. The van der Waals surface area contributed by atoms with Gasteiger partial charge < -0.3 is 50.7 Å². The van der Waals surface area contributed by atoms with Crippen LogP contribution in [0.2, 0.25) is 0 Å². The van der Waals surface area contributed by atoms with E-state index in [2.05, 4.69) is 190 Å². The van der Waals surface area contributed by atoms with Crippen LogP contribution in [0.3, 0.4) is 0 Å². The molecule has 5 aliphatic carbocycles. The molecule has 15 rings (SSSR count). The summed E-state index contributed by atoms with van der Waals surface area (Å²) in [7, 11) is 1.74. The van der Waals surface area contributed by atoms with Gasteiger partial charge >= 0.3 is 29.8 Å². The van der Waals surface area contributed by atoms with Gasteiger partial charge in [-0.25, -0.2) is 14.4 Å². The number of hydrogen-bond donors (Lipinski definition) is 6. The number of nitrogens with one attached hydrogen (secondary N) is 4. The van der Waals surface area contributed by atoms with Gasteiger partial charge in [0.25, 0.3) is 0 Å². The number of esters is 5. The lowest BCUT2D eigenvalue weighted by molar-refractivity contribution is -0.153. The van der Waals surface area contributed by atoms with E-state index in [-0.39, 0.29) is 117 Å². The Morgan fingerprint density at radius 1 is 0.353 bits per heavy atom. The van der Waals surface area contributed by atoms with Crippen molar-refractivity contribution in [2.24, 2.45) is 17.4 Å². The first-order valence-electron chi connectivity index (χ1n) is 43.9. The number of fused-ring (bicyclic) bond motifs is 15. The smallest absolute Gasteiger partial charge is 0.346 e. The Morgan fingerprint density at radius 3 is 0.842 bits per heavy atom. The van der Waals surface area contributed by atoms with Crippen molar-refractivity contribution in [3.8, 4) is 105 Å². The van der Waals surface area contributed by atoms with Crippen LogP contribution in [0.25, 0.3) is 55.6 Å². The molecule has 4 amide bonds. The van der Waals surface area contributed by atoms with Crippen molar-refractivity contribution < 1.29 is 66.8 Å². The van der Waals surface area contributed by atoms with E-state index in [0.717, 1.165) is 58.6 Å². The highest BCUT2D eigenvalue weighted by molar-refractivity contribution is 8.40. The number of carbonyl (C=O) groups excluding carboxylic acids is 9. The van der Waals surface area contributed by atoms with Gasteiger partial charge in [0.2, 0.25) is 23.6 Å². The summed E-state index contributed by atoms with van der Waals surface area (Å²) in [5.41, 5.74) is 32.5. The fraction of sp³-hybridized carbons (Fsp3) is 0.294. The fourth-order valence-electron chi connectivity index (χ4n) is 16.0. The van der Waals surface area contributed by atoms with Crippen molar-refractivity contribution in [3.05, 3.63) is 298 Å². The van der Waals surface area contributed by atoms with Crippen molar-refractivity contribution in [2.45, 2.75) is 160 Å². The van der Waals surface area contributed by atoms with Crippen LogP contribution in [0.15, 0.2) is 243 Å². The Kier molecular flexibility index (Phi) is 40.0. The molecule has 24 heteroatoms. The highest BCUT2D eigenvalue weighted by Crippen LogP contribution is 2.50. The number of rotatable bonds is 28. The van der Waals surface area contributed by atoms with Crippen LogP contribution in [0.4, 0.5) is 0 Å². The SMILES string of the molecule is C#CCCC(=O)NC(C)(C)C(=O)OCC1c2ccccc2-c2ccccc21.C#CCCC(=O)NC(C)(N)C(=O)OCC1c2ccccc2-c2ccccc21.C#CCCC(=O)NC(C)C(=O)OCC1c2ccccc2-c2ccccc21.C#CCCC(=O)NCC.CC(C)C(=O)OCC1c2ccccc2-c2ccccc21.CC(N)C(=O)OCC1c2ccccc2-c2ccccc21.S=PP=S. The Bertz CT molecular complexity index is 5500. The molecule has 10 aromatic rings. The zero-order chi connectivity index (χ0) is 96.2. The molecule has 0 saturated heterocycles. The van der Waals surface area contributed by atoms with Crippen LogP contribution in [0, 0.1) is 55.3 Å². The van der Waals surface area contributed by atoms with Crippen molar-refractivity contribution in [1.29, 1.82) is 0 Å². The van der Waals surface area contributed by atoms with Gasteiger partial charge in [-0.05, 0) is 176 Å². The molecule has 5 aliphatic rings. The molecule has 0 aliphatic heterocycles. The molecule has 3 atom stereocenters. The molecule has 3 unspecified atom stereocenters. The Balaban J connectivity index is 0.000000181. The summed E-state index contributed by atoms with van der Waals surface area (Å²) in [5.74, 6) is 6.79. The molecule has 133 heavy (non-hydrogen) atoms. The minimum Gasteiger partial charge on any atom is -0.464 e. The Labute approximate surface area is 794 Å². The first-order valence-corrected chi connectivity index (χ1v) is 48.5. The highest BCUT2D eigenvalue weighted by atomic mass is 32.7. The molecule has 0 bridgehead atoms. The van der Waals surface area contributed by atoms with Crippen LogP contribution in [0.5, 0.6) is 0 Å². The molecule has 0 aromatic heterocycles. The maximum atomic E-state index is 12.6. The van der Waals surface area contributed by atoms with Crippen LogP contribution in [0.1, 0.15) is 192 Å². The van der Waals surface area contributed by atoms with Gasteiger partial charge in [0, 0.05) is 102 Å². The number of hydrogen-bond acceptors (Lipinski definition) is 18. The summed E-state index contributed by atoms with van der Waals surface area (Å²) in [4.78, 5) is 107. The molecule has 10 aromatic carbocycles. The normalized spacial score (nSPS) is 13.0. The average Bonchev–Trinajstić information content (AvgIpc) is 1.63. The van der Waals surface area contributed by atoms with Gasteiger partial charge in [-0.1, -0.05) is 257 Å². The van der Waals surface area contributed by atoms with E-state index < -0.39 is 41.2 Å². The lowest BCUT2D eigenvalue weighted by Crippen LogP contribution is -2.60. The van der Waals surface area contributed by atoms with E-state index in [1.54, 1.807) is 27.7 Å². The van der Waals surface area contributed by atoms with E-state index in [0.29, 0.717) is 45.4 Å². The van der Waals surface area contributed by atoms with Crippen LogP contribution in [-0.4, -0.2) is 116 Å². The summed E-state index contributed by atoms with van der Waals surface area (Å²) in [5, 5.41) is 10.4. The lowest BCUT2D eigenvalue weighted by Gasteiger charge is -2.25. The second-order valence-corrected chi connectivity index (χ2v) is 37.1. The minimum atomic E-state index is -1.61. The topological polar surface area (TPSA) is 300 Å². The van der Waals surface area contributed by atoms with E-state index in [4.69, 9.17) is 60.8 Å². The zero-order valence-corrected chi connectivity index (χ0v) is 79.4. The largest absolute Gasteiger partial charge is 0.464 e. The Morgan fingerprint density at radius 2 is 0.586 bits per heavy atom. The first kappa shape index (κ1) is 103. The summed E-state index contributed by atoms with van der Waals surface area (Å²) >= 11 is 8.82. The van der Waals surface area contributed by atoms with Gasteiger partial charge in [0.1, 0.15) is 50.7 Å². The van der Waals surface area contributed by atoms with E-state index in [1.165, 1.54) is 73.7 Å². The van der Waals surface area contributed by atoms with E-state index in [1.807, 2.05) is 142 Å². The molecule has 0 saturated carbocycles. The summed E-state index contributed by atoms with van der Waals surface area (Å²) < 4.78 is 27.4. The third kappa shape index (κ3) is 28.1. The van der Waals surface area contributed by atoms with Crippen molar-refractivity contribution in [1.82, 2.24) is 21.3 Å². The van der Waals surface area contributed by atoms with Crippen LogP contribution >= 0.6 is 14.1 Å². The monoisotopic (exact) mass is 1850 g/mol. The third-order valence-electron chi connectivity index (χ3n) is 22.5. The standard InChI is InChI=1S/C23H23NO3.C22H22N2O3.C22H21NO3.C18H18O2.C17H17NO2.C7H11NO.P2S2/c1-4-5-14-21(25)24-23(2,3)22(26)27-15-20-18-12-8-6-10-16(18)17-11-7-9-13-19(17)20;1-3-4-13-20(25)24-22(2,23)21(26)27-14-19-17-11-7-5-9-15(17)16-10-6-8-12-18(16)19;1-3-4-13-21(24)23-15(2)22(25)26-14-20-18-11-7-5-9-16(18)17-10-6-8-12-19(17)20;1-12(2)18(19)20-11-17-15-9-5-3-7-13(15)14-8-4-6-10-16(14)17;1-11(18)17(19)20-10-16-14-8-4-2-6-12(14)13-7-3-5-9-15(13)16;1-3-5-6-7(9)8-4-2;3-1-2-4/h1,6-13,20H,5,14-15H2,2-3H3,(H,24,25);1,5-12,19H,4,13-14,23H2,2H3,(H,24,25);1,5-12,15,20H,4,13-14H2,2H3,(H,23,24);3-10,12,17H,11H2,1-2H3;2-9,11,16H,10,18H2,1H3;1H,4-6H2,2H3,(H,8,9);. The zero-order valence-electron chi connectivity index (χ0n) is 76.0. The number of amides is 4. The average molecular weight is 1860 g/mol. The van der Waals surface area contributed by atoms with Crippen molar-refractivity contribution >= 4 is 91.2 Å². The number of nitrogens with two attached hydrogens (primary N) is 2. The summed E-state index contributed by atoms with van der Waals surface area (Å²) in [6.07, 6.45) is 22.9. The van der Waals surface area contributed by atoms with Crippen molar-refractivity contribution in [2.75, 3.05) is 39.6 Å². The number of carbonyl (C=O) groups is 9. The molecular formula is C109H112N6O14P2S2. The Hall–Kier alpha value is -13.4. The lowest BCUT2D eigenvalue weighted by atomic mass is 9.98. The van der Waals surface area contributed by atoms with Crippen molar-refractivity contribution in [3.63, 3.8) is 0 Å². The van der Waals surface area contributed by atoms with Gasteiger partial charge in [-0.3, -0.25) is 34.5 Å². The summed E-state index contributed by atoms with van der Waals surface area (Å²) in [6, 6.07) is 80.8. The number of terminal acetylenes is 4. The number of ether oxygens (including phenoxy) is 5. The van der Waals surface area contributed by atoms with Crippen LogP contribution in [-0.2, 0) is 90.4 Å². The van der Waals surface area contributed by atoms with E-state index in [9.17, 15) is 43.2 Å². The maximum Gasteiger partial charge on any atom is 0.346 e. The molecule has 20 nitrogen and oxygen atoms in total. The summed E-state index contributed by atoms with van der Waals surface area (Å²) in [6.45, 7) is 15.6. The molecule has 0 fully saturated rings. The molecule has 0 heterocycles. The van der Waals surface area contributed by atoms with Gasteiger partial charge in [0.05, 0.1) is 5.92 Å². The molecule has 8 N–H and O–H groups in total. The molecular weight excluding hydrogens is 1740 g/mol. The minimum absolute atomic E-state index is 0.00529. The molecule has 0 spiro atoms. The second-order valence-electron chi connectivity index (χ2n) is 32.8. The van der Waals surface area contributed by atoms with Gasteiger partial charge in [0.15, 0.2) is 5.66 Å². The quantitative estimate of drug-likeness (QED) is 0.00873. The number of benzene rings is 10. The first-order chi connectivity index (χ1) is 64.1. The molecule has 0 radical (unpaired) electrons. The fourth-order valence-corrected chi connectivity index (χ4v) is 16.0. The predicted octanol–water partition coefficient (Wildman–Crippen LogP) is 18.4.